The normalized spacial score (nSPS) is 11.1. The number of amides is 1. The number of carbonyl (C=O) groups is 1. The number of benzene rings is 3. The zero-order chi connectivity index (χ0) is 26.1. The number of nitrogens with zero attached hydrogens (tertiary/aromatic N) is 1. The number of ether oxygens (including phenoxy) is 2. The fourth-order valence-electron chi connectivity index (χ4n) is 3.78. The molecule has 8 heteroatoms. The summed E-state index contributed by atoms with van der Waals surface area (Å²) in [5.41, 5.74) is 3.90. The van der Waals surface area contributed by atoms with Gasteiger partial charge < -0.3 is 14.8 Å². The van der Waals surface area contributed by atoms with Gasteiger partial charge in [0.1, 0.15) is 18.1 Å². The van der Waals surface area contributed by atoms with Gasteiger partial charge in [0.2, 0.25) is 10.0 Å². The van der Waals surface area contributed by atoms with Crippen molar-refractivity contribution in [3.8, 4) is 11.5 Å². The Balaban J connectivity index is 1.58. The van der Waals surface area contributed by atoms with E-state index in [2.05, 4.69) is 24.4 Å². The van der Waals surface area contributed by atoms with Crippen LogP contribution in [0.4, 0.5) is 5.69 Å². The summed E-state index contributed by atoms with van der Waals surface area (Å²) in [6, 6.07) is 20.3. The highest BCUT2D eigenvalue weighted by Crippen LogP contribution is 2.32. The van der Waals surface area contributed by atoms with Crippen LogP contribution < -0.4 is 19.1 Å². The van der Waals surface area contributed by atoms with Crippen LogP contribution in [0, 0.1) is 6.92 Å². The van der Waals surface area contributed by atoms with E-state index in [9.17, 15) is 13.2 Å². The lowest BCUT2D eigenvalue weighted by Gasteiger charge is -2.25. The largest absolute Gasteiger partial charge is 0.495 e. The Kier molecular flexibility index (Phi) is 9.36. The van der Waals surface area contributed by atoms with Gasteiger partial charge in [0.25, 0.3) is 5.91 Å². The van der Waals surface area contributed by atoms with E-state index in [1.807, 2.05) is 25.1 Å². The van der Waals surface area contributed by atoms with Gasteiger partial charge >= 0.3 is 0 Å². The van der Waals surface area contributed by atoms with Gasteiger partial charge in [-0.2, -0.15) is 0 Å². The molecule has 0 radical (unpaired) electrons. The predicted octanol–water partition coefficient (Wildman–Crippen LogP) is 4.73. The van der Waals surface area contributed by atoms with Gasteiger partial charge in [-0.3, -0.25) is 9.10 Å². The van der Waals surface area contributed by atoms with Crippen LogP contribution in [0.5, 0.6) is 11.5 Å². The van der Waals surface area contributed by atoms with Crippen molar-refractivity contribution >= 4 is 21.6 Å². The number of aryl methyl sites for hydroxylation is 2. The van der Waals surface area contributed by atoms with Crippen LogP contribution in [-0.2, 0) is 23.0 Å². The van der Waals surface area contributed by atoms with Crippen molar-refractivity contribution in [3.63, 3.8) is 0 Å². The molecule has 0 aliphatic rings. The molecular formula is C28H34N2O5S. The Labute approximate surface area is 214 Å². The van der Waals surface area contributed by atoms with Crippen molar-refractivity contribution in [3.05, 3.63) is 89.0 Å². The number of nitrogens with one attached hydrogen (secondary N) is 1. The van der Waals surface area contributed by atoms with Crippen molar-refractivity contribution in [2.24, 2.45) is 0 Å². The lowest BCUT2D eigenvalue weighted by molar-refractivity contribution is 0.0947. The van der Waals surface area contributed by atoms with Crippen molar-refractivity contribution < 1.29 is 22.7 Å². The Morgan fingerprint density at radius 1 is 0.972 bits per heavy atom. The van der Waals surface area contributed by atoms with E-state index in [4.69, 9.17) is 9.47 Å². The minimum absolute atomic E-state index is 0.116. The SMILES string of the molecule is CCCc1ccc(OCCNC(=O)c2ccc(CN(c3cc(C)ccc3OC)S(C)(=O)=O)cc2)cc1. The molecule has 3 rings (SSSR count). The van der Waals surface area contributed by atoms with Gasteiger partial charge in [-0.15, -0.1) is 0 Å². The monoisotopic (exact) mass is 510 g/mol. The van der Waals surface area contributed by atoms with Crippen molar-refractivity contribution in [2.45, 2.75) is 33.2 Å². The molecule has 0 fully saturated rings. The summed E-state index contributed by atoms with van der Waals surface area (Å²) in [5, 5.41) is 2.85. The van der Waals surface area contributed by atoms with E-state index in [0.717, 1.165) is 36.0 Å². The number of hydrogen-bond acceptors (Lipinski definition) is 5. The van der Waals surface area contributed by atoms with Gasteiger partial charge in [-0.25, -0.2) is 8.42 Å². The molecule has 0 aliphatic heterocycles. The first-order valence-corrected chi connectivity index (χ1v) is 13.8. The van der Waals surface area contributed by atoms with Crippen LogP contribution in [-0.4, -0.2) is 40.8 Å². The van der Waals surface area contributed by atoms with E-state index in [1.54, 1.807) is 36.4 Å². The van der Waals surface area contributed by atoms with Gasteiger partial charge in [0.15, 0.2) is 0 Å². The molecule has 0 aliphatic carbocycles. The molecule has 192 valence electrons. The Morgan fingerprint density at radius 2 is 1.64 bits per heavy atom. The van der Waals surface area contributed by atoms with E-state index in [1.165, 1.54) is 17.0 Å². The third-order valence-corrected chi connectivity index (χ3v) is 6.79. The van der Waals surface area contributed by atoms with Crippen LogP contribution in [0.2, 0.25) is 0 Å². The summed E-state index contributed by atoms with van der Waals surface area (Å²) in [5.74, 6) is 1.03. The molecule has 3 aromatic rings. The molecule has 7 nitrogen and oxygen atoms in total. The summed E-state index contributed by atoms with van der Waals surface area (Å²) in [6.45, 7) is 4.88. The maximum absolute atomic E-state index is 12.6. The second-order valence-corrected chi connectivity index (χ2v) is 10.5. The summed E-state index contributed by atoms with van der Waals surface area (Å²) in [4.78, 5) is 12.5. The van der Waals surface area contributed by atoms with Crippen LogP contribution in [0.1, 0.15) is 40.4 Å². The Bertz CT molecular complexity index is 1260. The van der Waals surface area contributed by atoms with Crippen molar-refractivity contribution in [2.75, 3.05) is 30.8 Å². The highest BCUT2D eigenvalue weighted by molar-refractivity contribution is 7.92. The second kappa shape index (κ2) is 12.4. The molecule has 36 heavy (non-hydrogen) atoms. The fraction of sp³-hybridized carbons (Fsp3) is 0.321. The van der Waals surface area contributed by atoms with E-state index >= 15 is 0 Å². The van der Waals surface area contributed by atoms with Crippen molar-refractivity contribution in [1.82, 2.24) is 5.32 Å². The Morgan fingerprint density at radius 3 is 2.25 bits per heavy atom. The highest BCUT2D eigenvalue weighted by Gasteiger charge is 2.22. The topological polar surface area (TPSA) is 84.9 Å². The van der Waals surface area contributed by atoms with Crippen LogP contribution in [0.15, 0.2) is 66.7 Å². The van der Waals surface area contributed by atoms with Crippen molar-refractivity contribution in [1.29, 1.82) is 0 Å². The molecule has 0 aromatic heterocycles. The van der Waals surface area contributed by atoms with Crippen LogP contribution in [0.3, 0.4) is 0 Å². The van der Waals surface area contributed by atoms with Crippen LogP contribution in [0.25, 0.3) is 0 Å². The first-order chi connectivity index (χ1) is 17.2. The lowest BCUT2D eigenvalue weighted by Crippen LogP contribution is -2.30. The quantitative estimate of drug-likeness (QED) is 0.356. The smallest absolute Gasteiger partial charge is 0.251 e. The van der Waals surface area contributed by atoms with Gasteiger partial charge in [-0.1, -0.05) is 43.7 Å². The summed E-state index contributed by atoms with van der Waals surface area (Å²) < 4.78 is 37.6. The number of hydrogen-bond donors (Lipinski definition) is 1. The molecule has 1 N–H and O–H groups in total. The number of anilines is 1. The van der Waals surface area contributed by atoms with Gasteiger partial charge in [0, 0.05) is 5.56 Å². The van der Waals surface area contributed by atoms with E-state index < -0.39 is 10.0 Å². The average Bonchev–Trinajstić information content (AvgIpc) is 2.86. The standard InChI is InChI=1S/C28H34N2O5S/c1-5-6-22-10-14-25(15-11-22)35-18-17-29-28(31)24-12-8-23(9-13-24)20-30(36(4,32)33)26-19-21(2)7-16-27(26)34-3/h7-16,19H,5-6,17-18,20H2,1-4H3,(H,29,31). The molecule has 0 atom stereocenters. The molecule has 3 aromatic carbocycles. The molecular weight excluding hydrogens is 476 g/mol. The third-order valence-electron chi connectivity index (χ3n) is 5.66. The molecule has 0 heterocycles. The molecule has 0 saturated heterocycles. The van der Waals surface area contributed by atoms with Crippen LogP contribution >= 0.6 is 0 Å². The molecule has 0 unspecified atom stereocenters. The van der Waals surface area contributed by atoms with E-state index in [-0.39, 0.29) is 12.5 Å². The zero-order valence-electron chi connectivity index (χ0n) is 21.3. The number of sulfonamides is 1. The molecule has 0 spiro atoms. The molecule has 1 amide bonds. The van der Waals surface area contributed by atoms with Gasteiger partial charge in [-0.05, 0) is 66.4 Å². The number of rotatable bonds is 12. The molecule has 0 bridgehead atoms. The number of carbonyl (C=O) groups excluding carboxylic acids is 1. The minimum atomic E-state index is -3.58. The average molecular weight is 511 g/mol. The molecule has 0 saturated carbocycles. The van der Waals surface area contributed by atoms with E-state index in [0.29, 0.717) is 30.2 Å². The lowest BCUT2D eigenvalue weighted by atomic mass is 10.1. The maximum Gasteiger partial charge on any atom is 0.251 e. The maximum atomic E-state index is 12.6. The zero-order valence-corrected chi connectivity index (χ0v) is 22.1. The summed E-state index contributed by atoms with van der Waals surface area (Å²) in [7, 11) is -2.07. The summed E-state index contributed by atoms with van der Waals surface area (Å²) >= 11 is 0. The summed E-state index contributed by atoms with van der Waals surface area (Å²) in [6.07, 6.45) is 3.31. The third kappa shape index (κ3) is 7.49. The second-order valence-electron chi connectivity index (χ2n) is 8.64. The fourth-order valence-corrected chi connectivity index (χ4v) is 4.66. The first kappa shape index (κ1) is 27.1. The minimum Gasteiger partial charge on any atom is -0.495 e. The van der Waals surface area contributed by atoms with Gasteiger partial charge in [0.05, 0.1) is 32.1 Å². The highest BCUT2D eigenvalue weighted by atomic mass is 32.2. The first-order valence-electron chi connectivity index (χ1n) is 11.9. The number of methoxy groups -OCH3 is 1. The Hall–Kier alpha value is -3.52. The predicted molar refractivity (Wildman–Crippen MR) is 143 cm³/mol.